The van der Waals surface area contributed by atoms with Crippen LogP contribution in [0.1, 0.15) is 26.2 Å². The minimum absolute atomic E-state index is 0.383. The summed E-state index contributed by atoms with van der Waals surface area (Å²) in [6.07, 6.45) is 0.713. The molecule has 1 rings (SSSR count). The van der Waals surface area contributed by atoms with Crippen molar-refractivity contribution in [3.05, 3.63) is 0 Å². The van der Waals surface area contributed by atoms with Gasteiger partial charge in [0.15, 0.2) is 6.10 Å². The van der Waals surface area contributed by atoms with Gasteiger partial charge in [-0.15, -0.1) is 0 Å². The molecule has 78 valence electrons. The normalized spacial score (nSPS) is 33.4. The summed E-state index contributed by atoms with van der Waals surface area (Å²) < 4.78 is 4.45. The van der Waals surface area contributed by atoms with Crippen LogP contribution in [0.5, 0.6) is 0 Å². The predicted octanol–water partition coefficient (Wildman–Crippen LogP) is 0.850. The lowest BCUT2D eigenvalue weighted by atomic mass is 9.81. The maximum Gasteiger partial charge on any atom is 0.336 e. The number of hydrogen-bond donors (Lipinski definition) is 1. The highest BCUT2D eigenvalue weighted by Crippen LogP contribution is 2.43. The van der Waals surface area contributed by atoms with Crippen molar-refractivity contribution in [1.29, 1.82) is 5.26 Å². The molecule has 1 fully saturated rings. The summed E-state index contributed by atoms with van der Waals surface area (Å²) in [5, 5.41) is 18.7. The van der Waals surface area contributed by atoms with Crippen molar-refractivity contribution in [2.75, 3.05) is 7.11 Å². The molecule has 1 saturated carbocycles. The van der Waals surface area contributed by atoms with Crippen LogP contribution in [-0.2, 0) is 9.53 Å². The lowest BCUT2D eigenvalue weighted by Gasteiger charge is -2.24. The van der Waals surface area contributed by atoms with Gasteiger partial charge in [-0.2, -0.15) is 5.26 Å². The van der Waals surface area contributed by atoms with Crippen LogP contribution in [-0.4, -0.2) is 24.3 Å². The summed E-state index contributed by atoms with van der Waals surface area (Å²) in [5.41, 5.74) is -0.924. The fraction of sp³-hybridized carbons (Fsp3) is 0.800. The fourth-order valence-corrected chi connectivity index (χ4v) is 2.08. The zero-order valence-corrected chi connectivity index (χ0v) is 8.49. The van der Waals surface area contributed by atoms with Crippen LogP contribution in [0.25, 0.3) is 0 Å². The van der Waals surface area contributed by atoms with Crippen LogP contribution in [0.15, 0.2) is 0 Å². The van der Waals surface area contributed by atoms with E-state index in [4.69, 9.17) is 5.26 Å². The van der Waals surface area contributed by atoms with E-state index in [1.165, 1.54) is 7.11 Å². The number of nitriles is 1. The first-order valence-corrected chi connectivity index (χ1v) is 4.73. The molecule has 0 amide bonds. The Hall–Kier alpha value is -1.08. The molecule has 0 aliphatic heterocycles. The molecular weight excluding hydrogens is 182 g/mol. The van der Waals surface area contributed by atoms with Crippen molar-refractivity contribution in [3.8, 4) is 6.07 Å². The number of hydrogen-bond acceptors (Lipinski definition) is 4. The van der Waals surface area contributed by atoms with Gasteiger partial charge in [0.2, 0.25) is 0 Å². The summed E-state index contributed by atoms with van der Waals surface area (Å²) >= 11 is 0. The molecule has 0 aromatic rings. The molecule has 3 unspecified atom stereocenters. The van der Waals surface area contributed by atoms with E-state index in [9.17, 15) is 9.90 Å². The Morgan fingerprint density at radius 1 is 1.79 bits per heavy atom. The number of aliphatic hydroxyl groups excluding tert-OH is 1. The van der Waals surface area contributed by atoms with Crippen LogP contribution in [0.2, 0.25) is 0 Å². The first-order chi connectivity index (χ1) is 6.55. The second-order valence-electron chi connectivity index (χ2n) is 4.04. The van der Waals surface area contributed by atoms with Gasteiger partial charge in [-0.1, -0.05) is 6.92 Å². The number of ether oxygens (including phenoxy) is 1. The standard InChI is InChI=1S/C10H15NO3/c1-7-3-4-10(5-7,6-11)8(12)9(13)14-2/h7-8,12H,3-5H2,1-2H3. The van der Waals surface area contributed by atoms with Crippen LogP contribution in [0, 0.1) is 22.7 Å². The third-order valence-corrected chi connectivity index (χ3v) is 2.97. The minimum atomic E-state index is -1.30. The Kier molecular flexibility index (Phi) is 3.12. The number of methoxy groups -OCH3 is 1. The maximum absolute atomic E-state index is 11.1. The fourth-order valence-electron chi connectivity index (χ4n) is 2.08. The number of carbonyl (C=O) groups excluding carboxylic acids is 1. The van der Waals surface area contributed by atoms with E-state index in [0.29, 0.717) is 18.8 Å². The predicted molar refractivity (Wildman–Crippen MR) is 49.1 cm³/mol. The Balaban J connectivity index is 2.82. The summed E-state index contributed by atoms with van der Waals surface area (Å²) in [6, 6.07) is 2.07. The van der Waals surface area contributed by atoms with Crippen molar-refractivity contribution >= 4 is 5.97 Å². The lowest BCUT2D eigenvalue weighted by Crippen LogP contribution is -2.39. The van der Waals surface area contributed by atoms with Crippen molar-refractivity contribution in [2.45, 2.75) is 32.3 Å². The van der Waals surface area contributed by atoms with Gasteiger partial charge in [0, 0.05) is 0 Å². The van der Waals surface area contributed by atoms with E-state index in [0.717, 1.165) is 6.42 Å². The Labute approximate surface area is 83.5 Å². The Bertz CT molecular complexity index is 271. The van der Waals surface area contributed by atoms with Gasteiger partial charge in [0.05, 0.1) is 18.6 Å². The first-order valence-electron chi connectivity index (χ1n) is 4.73. The molecule has 0 bridgehead atoms. The number of nitrogens with zero attached hydrogens (tertiary/aromatic N) is 1. The number of rotatable bonds is 2. The molecule has 3 atom stereocenters. The smallest absolute Gasteiger partial charge is 0.336 e. The van der Waals surface area contributed by atoms with Crippen LogP contribution in [0.4, 0.5) is 0 Å². The quantitative estimate of drug-likeness (QED) is 0.666. The second kappa shape index (κ2) is 3.97. The molecule has 4 nitrogen and oxygen atoms in total. The van der Waals surface area contributed by atoms with Crippen LogP contribution >= 0.6 is 0 Å². The molecule has 0 aromatic carbocycles. The molecule has 14 heavy (non-hydrogen) atoms. The van der Waals surface area contributed by atoms with E-state index in [1.807, 2.05) is 6.92 Å². The molecule has 0 heterocycles. The van der Waals surface area contributed by atoms with E-state index in [2.05, 4.69) is 10.8 Å². The maximum atomic E-state index is 11.1. The lowest BCUT2D eigenvalue weighted by molar-refractivity contribution is -0.155. The van der Waals surface area contributed by atoms with Crippen molar-refractivity contribution < 1.29 is 14.6 Å². The largest absolute Gasteiger partial charge is 0.467 e. The molecule has 1 aliphatic rings. The zero-order chi connectivity index (χ0) is 10.8. The van der Waals surface area contributed by atoms with Gasteiger partial charge in [0.1, 0.15) is 0 Å². The Morgan fingerprint density at radius 2 is 2.43 bits per heavy atom. The van der Waals surface area contributed by atoms with Gasteiger partial charge >= 0.3 is 5.97 Å². The van der Waals surface area contributed by atoms with Gasteiger partial charge in [-0.25, -0.2) is 4.79 Å². The molecule has 1 N–H and O–H groups in total. The molecule has 4 heteroatoms. The number of esters is 1. The monoisotopic (exact) mass is 197 g/mol. The minimum Gasteiger partial charge on any atom is -0.467 e. The highest BCUT2D eigenvalue weighted by atomic mass is 16.5. The van der Waals surface area contributed by atoms with Crippen molar-refractivity contribution in [1.82, 2.24) is 0 Å². The highest BCUT2D eigenvalue weighted by molar-refractivity contribution is 5.76. The molecule has 0 spiro atoms. The van der Waals surface area contributed by atoms with Gasteiger partial charge in [-0.05, 0) is 25.2 Å². The summed E-state index contributed by atoms with van der Waals surface area (Å²) in [6.45, 7) is 2.02. The molecule has 0 radical (unpaired) electrons. The first kappa shape index (κ1) is 11.0. The Morgan fingerprint density at radius 3 is 2.79 bits per heavy atom. The van der Waals surface area contributed by atoms with E-state index in [-0.39, 0.29) is 0 Å². The van der Waals surface area contributed by atoms with Crippen LogP contribution < -0.4 is 0 Å². The van der Waals surface area contributed by atoms with E-state index < -0.39 is 17.5 Å². The molecule has 0 aromatic heterocycles. The van der Waals surface area contributed by atoms with Crippen molar-refractivity contribution in [3.63, 3.8) is 0 Å². The van der Waals surface area contributed by atoms with Crippen molar-refractivity contribution in [2.24, 2.45) is 11.3 Å². The van der Waals surface area contributed by atoms with Crippen LogP contribution in [0.3, 0.4) is 0 Å². The SMILES string of the molecule is COC(=O)C(O)C1(C#N)CCC(C)C1. The van der Waals surface area contributed by atoms with Gasteiger partial charge in [0.25, 0.3) is 0 Å². The molecular formula is C10H15NO3. The zero-order valence-electron chi connectivity index (χ0n) is 8.49. The number of carbonyl (C=O) groups is 1. The van der Waals surface area contributed by atoms with Gasteiger partial charge < -0.3 is 9.84 Å². The number of aliphatic hydroxyl groups is 1. The third-order valence-electron chi connectivity index (χ3n) is 2.97. The third kappa shape index (κ3) is 1.73. The van der Waals surface area contributed by atoms with Gasteiger partial charge in [-0.3, -0.25) is 0 Å². The average Bonchev–Trinajstić information content (AvgIpc) is 2.59. The molecule has 1 aliphatic carbocycles. The second-order valence-corrected chi connectivity index (χ2v) is 4.04. The van der Waals surface area contributed by atoms with E-state index in [1.54, 1.807) is 0 Å². The molecule has 0 saturated heterocycles. The summed E-state index contributed by atoms with van der Waals surface area (Å²) in [7, 11) is 1.22. The average molecular weight is 197 g/mol. The topological polar surface area (TPSA) is 70.3 Å². The van der Waals surface area contributed by atoms with E-state index >= 15 is 0 Å². The summed E-state index contributed by atoms with van der Waals surface area (Å²) in [5.74, 6) is -0.324. The highest BCUT2D eigenvalue weighted by Gasteiger charge is 2.47. The summed E-state index contributed by atoms with van der Waals surface area (Å²) in [4.78, 5) is 11.1.